The molecule has 2 aromatic heterocycles. The average molecular weight is 532 g/mol. The first-order valence-electron chi connectivity index (χ1n) is 13.7. The highest BCUT2D eigenvalue weighted by Gasteiger charge is 2.24. The molecule has 9 heteroatoms. The smallest absolute Gasteiger partial charge is 0.229 e. The SMILES string of the molecule is C.Fc1ccccc1Nc1nc2cnc(Nc3cccc(OCCN4CCCCC4)c3)nc2n1C1CCCC1. The Balaban J connectivity index is 0.00000308. The molecule has 1 saturated heterocycles. The summed E-state index contributed by atoms with van der Waals surface area (Å²) in [5, 5.41) is 6.52. The molecule has 0 spiro atoms. The van der Waals surface area contributed by atoms with Crippen LogP contribution < -0.4 is 15.4 Å². The van der Waals surface area contributed by atoms with Gasteiger partial charge in [0, 0.05) is 24.3 Å². The summed E-state index contributed by atoms with van der Waals surface area (Å²) in [7, 11) is 0. The number of fused-ring (bicyclic) bond motifs is 1. The maximum atomic E-state index is 14.4. The second-order valence-corrected chi connectivity index (χ2v) is 10.2. The Morgan fingerprint density at radius 1 is 0.923 bits per heavy atom. The largest absolute Gasteiger partial charge is 0.492 e. The summed E-state index contributed by atoms with van der Waals surface area (Å²) in [5.74, 6) is 1.58. The summed E-state index contributed by atoms with van der Waals surface area (Å²) in [6, 6.07) is 14.8. The molecule has 0 unspecified atom stereocenters. The zero-order valence-corrected chi connectivity index (χ0v) is 21.6. The van der Waals surface area contributed by atoms with E-state index in [-0.39, 0.29) is 19.3 Å². The van der Waals surface area contributed by atoms with Crippen LogP contribution in [0.5, 0.6) is 5.75 Å². The van der Waals surface area contributed by atoms with E-state index in [0.29, 0.717) is 29.7 Å². The Kier molecular flexibility index (Phi) is 8.56. The third-order valence-corrected chi connectivity index (χ3v) is 7.46. The number of imidazole rings is 1. The summed E-state index contributed by atoms with van der Waals surface area (Å²) in [6.45, 7) is 3.95. The van der Waals surface area contributed by atoms with Gasteiger partial charge in [-0.05, 0) is 63.0 Å². The van der Waals surface area contributed by atoms with Crippen molar-refractivity contribution in [1.82, 2.24) is 24.4 Å². The van der Waals surface area contributed by atoms with Gasteiger partial charge in [0.05, 0.1) is 11.9 Å². The maximum Gasteiger partial charge on any atom is 0.229 e. The Morgan fingerprint density at radius 2 is 1.74 bits per heavy atom. The molecule has 1 saturated carbocycles. The van der Waals surface area contributed by atoms with Crippen molar-refractivity contribution in [3.63, 3.8) is 0 Å². The van der Waals surface area contributed by atoms with E-state index in [4.69, 9.17) is 14.7 Å². The Labute approximate surface area is 229 Å². The number of rotatable bonds is 9. The van der Waals surface area contributed by atoms with Gasteiger partial charge in [0.15, 0.2) is 5.65 Å². The van der Waals surface area contributed by atoms with Gasteiger partial charge >= 0.3 is 0 Å². The van der Waals surface area contributed by atoms with Crippen LogP contribution in [0.4, 0.5) is 27.7 Å². The molecule has 2 aliphatic rings. The number of aromatic nitrogens is 4. The van der Waals surface area contributed by atoms with Crippen molar-refractivity contribution in [1.29, 1.82) is 0 Å². The van der Waals surface area contributed by atoms with Crippen molar-refractivity contribution < 1.29 is 9.13 Å². The van der Waals surface area contributed by atoms with Crippen LogP contribution in [0.3, 0.4) is 0 Å². The lowest BCUT2D eigenvalue weighted by Gasteiger charge is -2.26. The van der Waals surface area contributed by atoms with Crippen LogP contribution in [0.1, 0.15) is 58.4 Å². The highest BCUT2D eigenvalue weighted by Crippen LogP contribution is 2.36. The molecule has 206 valence electrons. The van der Waals surface area contributed by atoms with Gasteiger partial charge in [-0.15, -0.1) is 0 Å². The van der Waals surface area contributed by atoms with E-state index >= 15 is 0 Å². The van der Waals surface area contributed by atoms with Crippen LogP contribution in [-0.4, -0.2) is 50.7 Å². The van der Waals surface area contributed by atoms with Crippen molar-refractivity contribution >= 4 is 34.4 Å². The summed E-state index contributed by atoms with van der Waals surface area (Å²) >= 11 is 0. The summed E-state index contributed by atoms with van der Waals surface area (Å²) < 4.78 is 22.6. The van der Waals surface area contributed by atoms with E-state index in [1.807, 2.05) is 24.3 Å². The second kappa shape index (κ2) is 12.4. The first kappa shape index (κ1) is 26.9. The molecule has 4 aromatic rings. The quantitative estimate of drug-likeness (QED) is 0.239. The van der Waals surface area contributed by atoms with Crippen molar-refractivity contribution in [2.45, 2.75) is 58.4 Å². The molecule has 0 atom stereocenters. The van der Waals surface area contributed by atoms with Crippen LogP contribution in [-0.2, 0) is 0 Å². The number of nitrogens with zero attached hydrogens (tertiary/aromatic N) is 5. The number of hydrogen-bond acceptors (Lipinski definition) is 7. The van der Waals surface area contributed by atoms with Gasteiger partial charge in [-0.25, -0.2) is 14.4 Å². The highest BCUT2D eigenvalue weighted by atomic mass is 19.1. The molecule has 2 fully saturated rings. The fourth-order valence-corrected chi connectivity index (χ4v) is 5.50. The number of ether oxygens (including phenoxy) is 1. The average Bonchev–Trinajstić information content (AvgIpc) is 3.58. The molecule has 1 aliphatic carbocycles. The minimum atomic E-state index is -0.316. The Morgan fingerprint density at radius 3 is 2.56 bits per heavy atom. The number of hydrogen-bond donors (Lipinski definition) is 2. The molecule has 6 rings (SSSR count). The monoisotopic (exact) mass is 531 g/mol. The lowest BCUT2D eigenvalue weighted by molar-refractivity contribution is 0.183. The standard InChI is InChI=1S/C29H34FN7O.CH4/c30-24-13-4-5-14-25(24)33-29-34-26-20-31-28(35-27(26)37(29)22-10-2-3-11-22)32-21-9-8-12-23(19-21)38-18-17-36-15-6-1-7-16-36;/h4-5,8-9,12-14,19-20,22H,1-3,6-7,10-11,15-18H2,(H,33,34)(H,31,32,35);1H4. The van der Waals surface area contributed by atoms with Crippen LogP contribution >= 0.6 is 0 Å². The predicted octanol–water partition coefficient (Wildman–Crippen LogP) is 7.07. The van der Waals surface area contributed by atoms with Crippen LogP contribution in [0.25, 0.3) is 11.2 Å². The van der Waals surface area contributed by atoms with Gasteiger partial charge in [-0.2, -0.15) is 4.98 Å². The molecule has 2 aromatic carbocycles. The van der Waals surface area contributed by atoms with Gasteiger partial charge in [0.25, 0.3) is 0 Å². The number of likely N-dealkylation sites (tertiary alicyclic amines) is 1. The third kappa shape index (κ3) is 6.30. The van der Waals surface area contributed by atoms with Gasteiger partial charge < -0.3 is 15.4 Å². The molecule has 1 aliphatic heterocycles. The zero-order chi connectivity index (χ0) is 25.7. The van der Waals surface area contributed by atoms with Crippen molar-refractivity contribution in [2.24, 2.45) is 0 Å². The molecule has 0 radical (unpaired) electrons. The summed E-state index contributed by atoms with van der Waals surface area (Å²) in [5.41, 5.74) is 2.67. The normalized spacial score (nSPS) is 16.2. The predicted molar refractivity (Wildman–Crippen MR) is 155 cm³/mol. The maximum absolute atomic E-state index is 14.4. The van der Waals surface area contributed by atoms with E-state index < -0.39 is 0 Å². The topological polar surface area (TPSA) is 80.1 Å². The van der Waals surface area contributed by atoms with E-state index in [2.05, 4.69) is 25.1 Å². The van der Waals surface area contributed by atoms with Crippen LogP contribution in [0, 0.1) is 5.82 Å². The van der Waals surface area contributed by atoms with Crippen molar-refractivity contribution in [2.75, 3.05) is 36.9 Å². The second-order valence-electron chi connectivity index (χ2n) is 10.2. The van der Waals surface area contributed by atoms with E-state index in [1.54, 1.807) is 24.4 Å². The molecule has 3 heterocycles. The lowest BCUT2D eigenvalue weighted by atomic mass is 10.1. The fraction of sp³-hybridized carbons (Fsp3) is 0.433. The molecule has 2 N–H and O–H groups in total. The number of halogens is 1. The molecule has 0 bridgehead atoms. The van der Waals surface area contributed by atoms with Crippen LogP contribution in [0.15, 0.2) is 54.7 Å². The van der Waals surface area contributed by atoms with E-state index in [1.165, 1.54) is 38.4 Å². The molecule has 8 nitrogen and oxygen atoms in total. The van der Waals surface area contributed by atoms with Crippen LogP contribution in [0.2, 0.25) is 0 Å². The third-order valence-electron chi connectivity index (χ3n) is 7.46. The lowest BCUT2D eigenvalue weighted by Crippen LogP contribution is -2.33. The number of anilines is 4. The summed E-state index contributed by atoms with van der Waals surface area (Å²) in [4.78, 5) is 16.6. The van der Waals surface area contributed by atoms with Crippen molar-refractivity contribution in [3.8, 4) is 5.75 Å². The van der Waals surface area contributed by atoms with E-state index in [9.17, 15) is 4.39 Å². The van der Waals surface area contributed by atoms with Gasteiger partial charge in [0.2, 0.25) is 11.9 Å². The Hall–Kier alpha value is -3.72. The number of para-hydroxylation sites is 1. The van der Waals surface area contributed by atoms with Gasteiger partial charge in [-0.1, -0.05) is 44.9 Å². The number of benzene rings is 2. The summed E-state index contributed by atoms with van der Waals surface area (Å²) in [6.07, 6.45) is 10.0. The highest BCUT2D eigenvalue weighted by molar-refractivity contribution is 5.77. The van der Waals surface area contributed by atoms with Gasteiger partial charge in [0.1, 0.15) is 23.7 Å². The molecule has 0 amide bonds. The molecule has 39 heavy (non-hydrogen) atoms. The Bertz CT molecular complexity index is 1380. The number of nitrogens with one attached hydrogen (secondary N) is 2. The fourth-order valence-electron chi connectivity index (χ4n) is 5.50. The first-order valence-corrected chi connectivity index (χ1v) is 13.7. The minimum Gasteiger partial charge on any atom is -0.492 e. The van der Waals surface area contributed by atoms with E-state index in [0.717, 1.165) is 49.3 Å². The zero-order valence-electron chi connectivity index (χ0n) is 21.6. The molecular weight excluding hydrogens is 493 g/mol. The minimum absolute atomic E-state index is 0. The van der Waals surface area contributed by atoms with Crippen molar-refractivity contribution in [3.05, 3.63) is 60.5 Å². The number of piperidine rings is 1. The van der Waals surface area contributed by atoms with Gasteiger partial charge in [-0.3, -0.25) is 9.47 Å². The first-order chi connectivity index (χ1) is 18.7. The molecular formula is C30H38FN7O.